The van der Waals surface area contributed by atoms with E-state index in [2.05, 4.69) is 0 Å². The van der Waals surface area contributed by atoms with Gasteiger partial charge in [0, 0.05) is 10.6 Å². The van der Waals surface area contributed by atoms with E-state index in [0.29, 0.717) is 6.79 Å². The van der Waals surface area contributed by atoms with Crippen LogP contribution in [0.5, 0.6) is 11.5 Å². The highest BCUT2D eigenvalue weighted by atomic mass is 35.5. The molecule has 3 rings (SSSR count). The van der Waals surface area contributed by atoms with E-state index in [1.165, 1.54) is 0 Å². The molecule has 0 aromatic heterocycles. The molecule has 0 fully saturated rings. The number of hydrogen-bond acceptors (Lipinski definition) is 2. The lowest BCUT2D eigenvalue weighted by molar-refractivity contribution is 0.174. The van der Waals surface area contributed by atoms with E-state index >= 15 is 0 Å². The molecular formula is C13H9ClO2. The molecular weight excluding hydrogens is 224 g/mol. The van der Waals surface area contributed by atoms with Crippen LogP contribution >= 0.6 is 11.6 Å². The summed E-state index contributed by atoms with van der Waals surface area (Å²) in [6.07, 6.45) is 0. The van der Waals surface area contributed by atoms with E-state index < -0.39 is 0 Å². The molecule has 1 heterocycles. The first-order chi connectivity index (χ1) is 7.84. The van der Waals surface area contributed by atoms with Crippen molar-refractivity contribution in [1.82, 2.24) is 0 Å². The van der Waals surface area contributed by atoms with Crippen LogP contribution in [0.3, 0.4) is 0 Å². The second-order valence-corrected chi connectivity index (χ2v) is 3.96. The number of fused-ring (bicyclic) bond motifs is 1. The standard InChI is InChI=1S/C13H9ClO2/c14-11-4-2-1-3-10(11)9-5-6-12-13(7-9)16-8-15-12/h1-7H,8H2. The molecule has 0 saturated carbocycles. The molecule has 0 aliphatic carbocycles. The topological polar surface area (TPSA) is 18.5 Å². The van der Waals surface area contributed by atoms with Crippen LogP contribution in [0.1, 0.15) is 0 Å². The van der Waals surface area contributed by atoms with Crippen LogP contribution in [0.25, 0.3) is 11.1 Å². The molecule has 0 amide bonds. The fourth-order valence-electron chi connectivity index (χ4n) is 1.76. The number of benzene rings is 2. The summed E-state index contributed by atoms with van der Waals surface area (Å²) in [5, 5.41) is 0.737. The third-order valence-corrected chi connectivity index (χ3v) is 2.89. The molecule has 2 aromatic rings. The smallest absolute Gasteiger partial charge is 0.231 e. The number of rotatable bonds is 1. The van der Waals surface area contributed by atoms with E-state index in [1.54, 1.807) is 0 Å². The van der Waals surface area contributed by atoms with Crippen molar-refractivity contribution in [3.63, 3.8) is 0 Å². The first kappa shape index (κ1) is 9.55. The Bertz CT molecular complexity index is 537. The van der Waals surface area contributed by atoms with Crippen molar-refractivity contribution in [2.45, 2.75) is 0 Å². The van der Waals surface area contributed by atoms with Gasteiger partial charge in [-0.1, -0.05) is 35.9 Å². The van der Waals surface area contributed by atoms with Crippen LogP contribution in [-0.4, -0.2) is 6.79 Å². The number of halogens is 1. The third kappa shape index (κ3) is 1.51. The molecule has 2 nitrogen and oxygen atoms in total. The summed E-state index contributed by atoms with van der Waals surface area (Å²) < 4.78 is 10.6. The predicted molar refractivity (Wildman–Crippen MR) is 63.0 cm³/mol. The Morgan fingerprint density at radius 1 is 0.938 bits per heavy atom. The zero-order valence-corrected chi connectivity index (χ0v) is 9.20. The van der Waals surface area contributed by atoms with Crippen LogP contribution in [0.4, 0.5) is 0 Å². The maximum absolute atomic E-state index is 6.14. The number of ether oxygens (including phenoxy) is 2. The second-order valence-electron chi connectivity index (χ2n) is 3.55. The van der Waals surface area contributed by atoms with Crippen molar-refractivity contribution in [2.24, 2.45) is 0 Å². The van der Waals surface area contributed by atoms with Gasteiger partial charge >= 0.3 is 0 Å². The molecule has 0 unspecified atom stereocenters. The Labute approximate surface area is 98.4 Å². The van der Waals surface area contributed by atoms with E-state index in [-0.39, 0.29) is 0 Å². The van der Waals surface area contributed by atoms with Crippen molar-refractivity contribution in [3.8, 4) is 22.6 Å². The Morgan fingerprint density at radius 2 is 1.75 bits per heavy atom. The predicted octanol–water partition coefficient (Wildman–Crippen LogP) is 3.74. The Morgan fingerprint density at radius 3 is 2.62 bits per heavy atom. The molecule has 0 saturated heterocycles. The fraction of sp³-hybridized carbons (Fsp3) is 0.0769. The maximum Gasteiger partial charge on any atom is 0.231 e. The monoisotopic (exact) mass is 232 g/mol. The minimum Gasteiger partial charge on any atom is -0.454 e. The summed E-state index contributed by atoms with van der Waals surface area (Å²) in [6.45, 7) is 0.293. The summed E-state index contributed by atoms with van der Waals surface area (Å²) in [4.78, 5) is 0. The maximum atomic E-state index is 6.14. The van der Waals surface area contributed by atoms with Gasteiger partial charge in [-0.3, -0.25) is 0 Å². The average molecular weight is 233 g/mol. The van der Waals surface area contributed by atoms with E-state index in [0.717, 1.165) is 27.6 Å². The van der Waals surface area contributed by atoms with Crippen LogP contribution in [-0.2, 0) is 0 Å². The molecule has 0 spiro atoms. The van der Waals surface area contributed by atoms with Gasteiger partial charge < -0.3 is 9.47 Å². The molecule has 3 heteroatoms. The zero-order valence-electron chi connectivity index (χ0n) is 8.44. The zero-order chi connectivity index (χ0) is 11.0. The van der Waals surface area contributed by atoms with Crippen LogP contribution < -0.4 is 9.47 Å². The number of hydrogen-bond donors (Lipinski definition) is 0. The first-order valence-corrected chi connectivity index (χ1v) is 5.37. The SMILES string of the molecule is Clc1ccccc1-c1ccc2c(c1)OCO2. The lowest BCUT2D eigenvalue weighted by Gasteiger charge is -2.05. The molecule has 0 N–H and O–H groups in total. The Kier molecular flexibility index (Phi) is 2.22. The largest absolute Gasteiger partial charge is 0.454 e. The summed E-state index contributed by atoms with van der Waals surface area (Å²) in [7, 11) is 0. The summed E-state index contributed by atoms with van der Waals surface area (Å²) in [5.41, 5.74) is 2.04. The molecule has 0 radical (unpaired) electrons. The van der Waals surface area contributed by atoms with Gasteiger partial charge in [0.25, 0.3) is 0 Å². The summed E-state index contributed by atoms with van der Waals surface area (Å²) in [6, 6.07) is 13.6. The molecule has 16 heavy (non-hydrogen) atoms. The minimum absolute atomic E-state index is 0.293. The lowest BCUT2D eigenvalue weighted by Crippen LogP contribution is -1.92. The molecule has 2 aromatic carbocycles. The van der Waals surface area contributed by atoms with Crippen molar-refractivity contribution >= 4 is 11.6 Å². The van der Waals surface area contributed by atoms with Gasteiger partial charge in [0.15, 0.2) is 11.5 Å². The highest BCUT2D eigenvalue weighted by Gasteiger charge is 2.14. The first-order valence-electron chi connectivity index (χ1n) is 4.99. The van der Waals surface area contributed by atoms with E-state index in [9.17, 15) is 0 Å². The van der Waals surface area contributed by atoms with Crippen molar-refractivity contribution in [3.05, 3.63) is 47.5 Å². The summed E-state index contributed by atoms with van der Waals surface area (Å²) >= 11 is 6.14. The molecule has 0 bridgehead atoms. The lowest BCUT2D eigenvalue weighted by atomic mass is 10.1. The Balaban J connectivity index is 2.11. The van der Waals surface area contributed by atoms with Crippen LogP contribution in [0.15, 0.2) is 42.5 Å². The third-order valence-electron chi connectivity index (χ3n) is 2.56. The van der Waals surface area contributed by atoms with Gasteiger partial charge in [-0.05, 0) is 23.8 Å². The van der Waals surface area contributed by atoms with E-state index in [1.807, 2.05) is 42.5 Å². The molecule has 0 atom stereocenters. The van der Waals surface area contributed by atoms with Crippen molar-refractivity contribution in [2.75, 3.05) is 6.79 Å². The Hall–Kier alpha value is -1.67. The summed E-state index contributed by atoms with van der Waals surface area (Å²) in [5.74, 6) is 1.56. The highest BCUT2D eigenvalue weighted by molar-refractivity contribution is 6.33. The van der Waals surface area contributed by atoms with Gasteiger partial charge in [0.05, 0.1) is 0 Å². The second kappa shape index (κ2) is 3.72. The van der Waals surface area contributed by atoms with Gasteiger partial charge in [-0.2, -0.15) is 0 Å². The van der Waals surface area contributed by atoms with Crippen LogP contribution in [0.2, 0.25) is 5.02 Å². The average Bonchev–Trinajstić information content (AvgIpc) is 2.76. The molecule has 1 aliphatic heterocycles. The quantitative estimate of drug-likeness (QED) is 0.746. The highest BCUT2D eigenvalue weighted by Crippen LogP contribution is 2.37. The van der Waals surface area contributed by atoms with Crippen molar-refractivity contribution < 1.29 is 9.47 Å². The van der Waals surface area contributed by atoms with Gasteiger partial charge in [0.1, 0.15) is 0 Å². The van der Waals surface area contributed by atoms with E-state index in [4.69, 9.17) is 21.1 Å². The molecule has 80 valence electrons. The van der Waals surface area contributed by atoms with Gasteiger partial charge in [0.2, 0.25) is 6.79 Å². The minimum atomic E-state index is 0.293. The van der Waals surface area contributed by atoms with Crippen LogP contribution in [0, 0.1) is 0 Å². The van der Waals surface area contributed by atoms with Gasteiger partial charge in [-0.15, -0.1) is 0 Å². The molecule has 1 aliphatic rings. The van der Waals surface area contributed by atoms with Crippen molar-refractivity contribution in [1.29, 1.82) is 0 Å². The van der Waals surface area contributed by atoms with Gasteiger partial charge in [-0.25, -0.2) is 0 Å². The normalized spacial score (nSPS) is 12.8. The fourth-order valence-corrected chi connectivity index (χ4v) is 2.00.